The normalized spacial score (nSPS) is 23.0. The van der Waals surface area contributed by atoms with Crippen molar-refractivity contribution in [2.24, 2.45) is 5.92 Å². The first-order valence-corrected chi connectivity index (χ1v) is 6.39. The van der Waals surface area contributed by atoms with Gasteiger partial charge in [0.05, 0.1) is 6.10 Å². The minimum Gasteiger partial charge on any atom is -0.405 e. The van der Waals surface area contributed by atoms with Crippen LogP contribution in [0.5, 0.6) is 5.75 Å². The van der Waals surface area contributed by atoms with Crippen molar-refractivity contribution in [1.82, 2.24) is 10.6 Å². The Balaban J connectivity index is 1.89. The van der Waals surface area contributed by atoms with Gasteiger partial charge in [-0.3, -0.25) is 0 Å². The molecular weight excluding hydrogens is 273 g/mol. The molecule has 2 unspecified atom stereocenters. The van der Waals surface area contributed by atoms with E-state index in [0.717, 1.165) is 0 Å². The minimum absolute atomic E-state index is 0.0747. The van der Waals surface area contributed by atoms with Crippen LogP contribution in [0.3, 0.4) is 0 Å². The van der Waals surface area contributed by atoms with Gasteiger partial charge in [0.1, 0.15) is 5.75 Å². The van der Waals surface area contributed by atoms with Gasteiger partial charge < -0.3 is 20.5 Å². The molecule has 1 heterocycles. The lowest BCUT2D eigenvalue weighted by Crippen LogP contribution is -2.30. The van der Waals surface area contributed by atoms with Crippen LogP contribution in [0.4, 0.5) is 13.2 Å². The molecule has 0 aliphatic carbocycles. The van der Waals surface area contributed by atoms with Crippen LogP contribution >= 0.6 is 0 Å². The van der Waals surface area contributed by atoms with Crippen LogP contribution in [0, 0.1) is 5.92 Å². The number of aliphatic hydroxyl groups excluding tert-OH is 1. The van der Waals surface area contributed by atoms with Gasteiger partial charge in [-0.25, -0.2) is 0 Å². The SMILES string of the molecule is OC1CNCC1CNCc1ccccc1OC(F)(F)F. The molecule has 4 nitrogen and oxygen atoms in total. The molecule has 1 aromatic carbocycles. The first-order chi connectivity index (χ1) is 9.46. The summed E-state index contributed by atoms with van der Waals surface area (Å²) in [4.78, 5) is 0. The molecule has 2 rings (SSSR count). The smallest absolute Gasteiger partial charge is 0.405 e. The van der Waals surface area contributed by atoms with Crippen molar-refractivity contribution >= 4 is 0 Å². The number of halogens is 3. The number of ether oxygens (including phenoxy) is 1. The van der Waals surface area contributed by atoms with Crippen LogP contribution in [0.15, 0.2) is 24.3 Å². The molecule has 0 spiro atoms. The molecule has 1 aliphatic rings. The zero-order valence-corrected chi connectivity index (χ0v) is 10.8. The third-order valence-corrected chi connectivity index (χ3v) is 3.22. The maximum absolute atomic E-state index is 12.3. The van der Waals surface area contributed by atoms with Crippen LogP contribution in [0.2, 0.25) is 0 Å². The standard InChI is InChI=1S/C13H17F3N2O2/c14-13(15,16)20-12-4-2-1-3-9(12)5-17-6-10-7-18-8-11(10)19/h1-4,10-11,17-19H,5-8H2. The van der Waals surface area contributed by atoms with Gasteiger partial charge in [-0.1, -0.05) is 18.2 Å². The molecule has 1 aromatic rings. The molecule has 0 saturated carbocycles. The fourth-order valence-electron chi connectivity index (χ4n) is 2.19. The molecular formula is C13H17F3N2O2. The molecule has 3 N–H and O–H groups in total. The van der Waals surface area contributed by atoms with Gasteiger partial charge in [0.25, 0.3) is 0 Å². The molecule has 0 aromatic heterocycles. The van der Waals surface area contributed by atoms with E-state index in [2.05, 4.69) is 15.4 Å². The maximum atomic E-state index is 12.3. The highest BCUT2D eigenvalue weighted by Crippen LogP contribution is 2.26. The number of nitrogens with one attached hydrogen (secondary N) is 2. The first-order valence-electron chi connectivity index (χ1n) is 6.39. The molecule has 20 heavy (non-hydrogen) atoms. The second-order valence-corrected chi connectivity index (χ2v) is 4.77. The molecule has 1 aliphatic heterocycles. The number of hydrogen-bond acceptors (Lipinski definition) is 4. The Morgan fingerprint density at radius 3 is 2.70 bits per heavy atom. The maximum Gasteiger partial charge on any atom is 0.573 e. The molecule has 0 amide bonds. The zero-order chi connectivity index (χ0) is 14.6. The summed E-state index contributed by atoms with van der Waals surface area (Å²) in [6.07, 6.45) is -5.11. The molecule has 7 heteroatoms. The summed E-state index contributed by atoms with van der Waals surface area (Å²) in [7, 11) is 0. The van der Waals surface area contributed by atoms with Gasteiger partial charge >= 0.3 is 6.36 Å². The summed E-state index contributed by atoms with van der Waals surface area (Å²) >= 11 is 0. The number of aliphatic hydroxyl groups is 1. The Bertz CT molecular complexity index is 440. The van der Waals surface area contributed by atoms with Gasteiger partial charge in [-0.05, 0) is 6.07 Å². The van der Waals surface area contributed by atoms with Crippen molar-refractivity contribution in [3.8, 4) is 5.75 Å². The van der Waals surface area contributed by atoms with Crippen molar-refractivity contribution in [3.63, 3.8) is 0 Å². The lowest BCUT2D eigenvalue weighted by molar-refractivity contribution is -0.274. The molecule has 0 radical (unpaired) electrons. The first kappa shape index (κ1) is 15.1. The molecule has 1 saturated heterocycles. The quantitative estimate of drug-likeness (QED) is 0.764. The molecule has 112 valence electrons. The van der Waals surface area contributed by atoms with Gasteiger partial charge in [0, 0.05) is 37.7 Å². The highest BCUT2D eigenvalue weighted by molar-refractivity contribution is 5.33. The van der Waals surface area contributed by atoms with Crippen LogP contribution in [0.25, 0.3) is 0 Å². The second-order valence-electron chi connectivity index (χ2n) is 4.77. The minimum atomic E-state index is -4.69. The fraction of sp³-hybridized carbons (Fsp3) is 0.538. The topological polar surface area (TPSA) is 53.5 Å². The number of alkyl halides is 3. The average molecular weight is 290 g/mol. The van der Waals surface area contributed by atoms with Gasteiger partial charge in [0.2, 0.25) is 0 Å². The number of para-hydroxylation sites is 1. The summed E-state index contributed by atoms with van der Waals surface area (Å²) < 4.78 is 40.7. The predicted molar refractivity (Wildman–Crippen MR) is 67.2 cm³/mol. The van der Waals surface area contributed by atoms with Crippen molar-refractivity contribution in [3.05, 3.63) is 29.8 Å². The highest BCUT2D eigenvalue weighted by atomic mass is 19.4. The zero-order valence-electron chi connectivity index (χ0n) is 10.8. The monoisotopic (exact) mass is 290 g/mol. The Morgan fingerprint density at radius 1 is 1.30 bits per heavy atom. The van der Waals surface area contributed by atoms with Crippen molar-refractivity contribution in [1.29, 1.82) is 0 Å². The third kappa shape index (κ3) is 4.36. The van der Waals surface area contributed by atoms with Crippen LogP contribution in [-0.2, 0) is 6.54 Å². The second kappa shape index (κ2) is 6.43. The predicted octanol–water partition coefficient (Wildman–Crippen LogP) is 1.26. The Morgan fingerprint density at radius 2 is 2.05 bits per heavy atom. The van der Waals surface area contributed by atoms with E-state index in [9.17, 15) is 18.3 Å². The summed E-state index contributed by atoms with van der Waals surface area (Å²) in [5.41, 5.74) is 0.435. The number of benzene rings is 1. The highest BCUT2D eigenvalue weighted by Gasteiger charge is 2.32. The lowest BCUT2D eigenvalue weighted by atomic mass is 10.1. The average Bonchev–Trinajstić information content (AvgIpc) is 2.75. The Labute approximate surface area is 114 Å². The van der Waals surface area contributed by atoms with Gasteiger partial charge in [0.15, 0.2) is 0 Å². The number of β-amino-alcohol motifs (C(OH)–C–C–N with tert-alkyl or cyclic N) is 1. The van der Waals surface area contributed by atoms with E-state index in [1.54, 1.807) is 12.1 Å². The van der Waals surface area contributed by atoms with Crippen molar-refractivity contribution < 1.29 is 23.0 Å². The summed E-state index contributed by atoms with van der Waals surface area (Å²) in [6.45, 7) is 2.05. The van der Waals surface area contributed by atoms with E-state index in [1.807, 2.05) is 0 Å². The van der Waals surface area contributed by atoms with Crippen molar-refractivity contribution in [2.75, 3.05) is 19.6 Å². The van der Waals surface area contributed by atoms with E-state index in [-0.39, 0.29) is 18.2 Å². The summed E-state index contributed by atoms with van der Waals surface area (Å²) in [5, 5.41) is 15.7. The number of rotatable bonds is 5. The van der Waals surface area contributed by atoms with Gasteiger partial charge in [-0.2, -0.15) is 0 Å². The van der Waals surface area contributed by atoms with Crippen LogP contribution in [-0.4, -0.2) is 37.2 Å². The Hall–Kier alpha value is -1.31. The molecule has 1 fully saturated rings. The Kier molecular flexibility index (Phi) is 4.85. The van der Waals surface area contributed by atoms with E-state index in [1.165, 1.54) is 12.1 Å². The van der Waals surface area contributed by atoms with E-state index in [0.29, 0.717) is 25.2 Å². The lowest BCUT2D eigenvalue weighted by Gasteiger charge is -2.16. The third-order valence-electron chi connectivity index (χ3n) is 3.22. The number of hydrogen-bond donors (Lipinski definition) is 3. The van der Waals surface area contributed by atoms with Crippen LogP contribution < -0.4 is 15.4 Å². The largest absolute Gasteiger partial charge is 0.573 e. The van der Waals surface area contributed by atoms with E-state index >= 15 is 0 Å². The van der Waals surface area contributed by atoms with Gasteiger partial charge in [-0.15, -0.1) is 13.2 Å². The van der Waals surface area contributed by atoms with Crippen LogP contribution in [0.1, 0.15) is 5.56 Å². The summed E-state index contributed by atoms with van der Waals surface area (Å²) in [5.74, 6) is -0.122. The molecule has 0 bridgehead atoms. The van der Waals surface area contributed by atoms with E-state index in [4.69, 9.17) is 0 Å². The molecule has 2 atom stereocenters. The summed E-state index contributed by atoms with van der Waals surface area (Å²) in [6, 6.07) is 6.02. The van der Waals surface area contributed by atoms with Crippen molar-refractivity contribution in [2.45, 2.75) is 19.0 Å². The van der Waals surface area contributed by atoms with E-state index < -0.39 is 12.5 Å². The fourth-order valence-corrected chi connectivity index (χ4v) is 2.19.